The van der Waals surface area contributed by atoms with E-state index < -0.39 is 5.97 Å². The quantitative estimate of drug-likeness (QED) is 0.693. The number of hydrogen-bond donors (Lipinski definition) is 1. The van der Waals surface area contributed by atoms with Crippen LogP contribution in [0.3, 0.4) is 0 Å². The number of carboxylic acid groups (broad SMARTS) is 1. The van der Waals surface area contributed by atoms with Crippen LogP contribution < -0.4 is 0 Å². The second-order valence-corrected chi connectivity index (χ2v) is 4.48. The maximum atomic E-state index is 10.5. The van der Waals surface area contributed by atoms with Gasteiger partial charge in [-0.25, -0.2) is 0 Å². The third-order valence-electron chi connectivity index (χ3n) is 2.83. The fraction of sp³-hybridized carbons (Fsp3) is 0.312. The van der Waals surface area contributed by atoms with E-state index in [0.717, 1.165) is 25.2 Å². The number of carboxylic acids is 1. The molecule has 0 heterocycles. The number of hydrogen-bond acceptors (Lipinski definition) is 2. The SMILES string of the molecule is C=CCN(CC=C)Cc1ccc(CCC(=O)O)cc1. The minimum atomic E-state index is -0.757. The van der Waals surface area contributed by atoms with Gasteiger partial charge in [0.15, 0.2) is 0 Å². The fourth-order valence-electron chi connectivity index (χ4n) is 1.89. The predicted molar refractivity (Wildman–Crippen MR) is 78.1 cm³/mol. The Bertz CT molecular complexity index is 413. The molecule has 0 fully saturated rings. The summed E-state index contributed by atoms with van der Waals surface area (Å²) in [5.41, 5.74) is 2.27. The Morgan fingerprint density at radius 2 is 1.63 bits per heavy atom. The molecule has 0 aliphatic carbocycles. The molecule has 0 saturated heterocycles. The minimum Gasteiger partial charge on any atom is -0.481 e. The molecule has 0 bridgehead atoms. The summed E-state index contributed by atoms with van der Waals surface area (Å²) in [7, 11) is 0. The van der Waals surface area contributed by atoms with Crippen LogP contribution in [-0.2, 0) is 17.8 Å². The summed E-state index contributed by atoms with van der Waals surface area (Å²) >= 11 is 0. The van der Waals surface area contributed by atoms with Gasteiger partial charge in [-0.2, -0.15) is 0 Å². The zero-order valence-corrected chi connectivity index (χ0v) is 11.2. The molecule has 1 rings (SSSR count). The van der Waals surface area contributed by atoms with Crippen LogP contribution in [0.5, 0.6) is 0 Å². The second kappa shape index (κ2) is 8.27. The molecular formula is C16H21NO2. The lowest BCUT2D eigenvalue weighted by molar-refractivity contribution is -0.136. The number of aryl methyl sites for hydroxylation is 1. The van der Waals surface area contributed by atoms with Crippen molar-refractivity contribution in [2.75, 3.05) is 13.1 Å². The predicted octanol–water partition coefficient (Wildman–Crippen LogP) is 2.88. The lowest BCUT2D eigenvalue weighted by atomic mass is 10.1. The van der Waals surface area contributed by atoms with Crippen LogP contribution in [-0.4, -0.2) is 29.1 Å². The first-order valence-electron chi connectivity index (χ1n) is 6.39. The standard InChI is InChI=1S/C16H21NO2/c1-3-11-17(12-4-2)13-15-7-5-14(6-8-15)9-10-16(18)19/h3-8H,1-2,9-13H2,(H,18,19). The smallest absolute Gasteiger partial charge is 0.303 e. The average molecular weight is 259 g/mol. The molecule has 0 spiro atoms. The van der Waals surface area contributed by atoms with Crippen LogP contribution in [0, 0.1) is 0 Å². The lowest BCUT2D eigenvalue weighted by Gasteiger charge is -2.18. The molecule has 102 valence electrons. The van der Waals surface area contributed by atoms with Crippen molar-refractivity contribution in [2.24, 2.45) is 0 Å². The lowest BCUT2D eigenvalue weighted by Crippen LogP contribution is -2.23. The summed E-state index contributed by atoms with van der Waals surface area (Å²) in [6.45, 7) is 9.99. The molecule has 3 heteroatoms. The highest BCUT2D eigenvalue weighted by atomic mass is 16.4. The van der Waals surface area contributed by atoms with Crippen molar-refractivity contribution < 1.29 is 9.90 Å². The summed E-state index contributed by atoms with van der Waals surface area (Å²) in [6, 6.07) is 8.10. The molecule has 0 aliphatic heterocycles. The minimum absolute atomic E-state index is 0.179. The first-order chi connectivity index (χ1) is 9.15. The van der Waals surface area contributed by atoms with Crippen LogP contribution in [0.25, 0.3) is 0 Å². The molecule has 0 aromatic heterocycles. The van der Waals surface area contributed by atoms with Gasteiger partial charge >= 0.3 is 5.97 Å². The molecule has 19 heavy (non-hydrogen) atoms. The van der Waals surface area contributed by atoms with Gasteiger partial charge in [0.05, 0.1) is 0 Å². The van der Waals surface area contributed by atoms with Crippen molar-refractivity contribution >= 4 is 5.97 Å². The van der Waals surface area contributed by atoms with E-state index in [0.29, 0.717) is 6.42 Å². The number of benzene rings is 1. The monoisotopic (exact) mass is 259 g/mol. The Hall–Kier alpha value is -1.87. The number of aliphatic carboxylic acids is 1. The van der Waals surface area contributed by atoms with Gasteiger partial charge < -0.3 is 5.11 Å². The average Bonchev–Trinajstić information content (AvgIpc) is 2.38. The largest absolute Gasteiger partial charge is 0.481 e. The molecule has 0 saturated carbocycles. The summed E-state index contributed by atoms with van der Waals surface area (Å²) in [5, 5.41) is 8.64. The summed E-state index contributed by atoms with van der Waals surface area (Å²) in [6.07, 6.45) is 4.52. The van der Waals surface area contributed by atoms with Crippen molar-refractivity contribution in [2.45, 2.75) is 19.4 Å². The van der Waals surface area contributed by atoms with Crippen molar-refractivity contribution in [1.82, 2.24) is 4.90 Å². The molecule has 0 unspecified atom stereocenters. The van der Waals surface area contributed by atoms with E-state index in [4.69, 9.17) is 5.11 Å². The normalized spacial score (nSPS) is 10.4. The highest BCUT2D eigenvalue weighted by Gasteiger charge is 2.03. The van der Waals surface area contributed by atoms with Crippen molar-refractivity contribution in [3.63, 3.8) is 0 Å². The van der Waals surface area contributed by atoms with Gasteiger partial charge in [0.2, 0.25) is 0 Å². The van der Waals surface area contributed by atoms with Crippen molar-refractivity contribution in [3.8, 4) is 0 Å². The molecule has 0 aliphatic rings. The van der Waals surface area contributed by atoms with E-state index >= 15 is 0 Å². The Morgan fingerprint density at radius 1 is 1.11 bits per heavy atom. The molecule has 0 radical (unpaired) electrons. The first kappa shape index (κ1) is 15.2. The highest BCUT2D eigenvalue weighted by Crippen LogP contribution is 2.09. The maximum absolute atomic E-state index is 10.5. The van der Waals surface area contributed by atoms with Gasteiger partial charge in [0.1, 0.15) is 0 Å². The van der Waals surface area contributed by atoms with Crippen LogP contribution in [0.4, 0.5) is 0 Å². The summed E-state index contributed by atoms with van der Waals surface area (Å²) < 4.78 is 0. The number of nitrogens with zero attached hydrogens (tertiary/aromatic N) is 1. The fourth-order valence-corrected chi connectivity index (χ4v) is 1.89. The Morgan fingerprint density at radius 3 is 2.11 bits per heavy atom. The van der Waals surface area contributed by atoms with Crippen molar-refractivity contribution in [1.29, 1.82) is 0 Å². The van der Waals surface area contributed by atoms with Gasteiger partial charge in [0, 0.05) is 26.1 Å². The van der Waals surface area contributed by atoms with E-state index in [-0.39, 0.29) is 6.42 Å². The molecule has 1 aromatic carbocycles. The van der Waals surface area contributed by atoms with E-state index in [1.165, 1.54) is 5.56 Å². The van der Waals surface area contributed by atoms with Crippen LogP contribution >= 0.6 is 0 Å². The van der Waals surface area contributed by atoms with Gasteiger partial charge in [0.25, 0.3) is 0 Å². The van der Waals surface area contributed by atoms with Gasteiger partial charge in [-0.3, -0.25) is 9.69 Å². The van der Waals surface area contributed by atoms with E-state index in [1.54, 1.807) is 0 Å². The zero-order valence-electron chi connectivity index (χ0n) is 11.2. The molecule has 1 aromatic rings. The molecule has 0 atom stereocenters. The van der Waals surface area contributed by atoms with Crippen LogP contribution in [0.2, 0.25) is 0 Å². The zero-order chi connectivity index (χ0) is 14.1. The van der Waals surface area contributed by atoms with E-state index in [9.17, 15) is 4.79 Å². The number of rotatable bonds is 9. The molecule has 0 amide bonds. The first-order valence-corrected chi connectivity index (χ1v) is 6.39. The topological polar surface area (TPSA) is 40.5 Å². The third kappa shape index (κ3) is 6.02. The van der Waals surface area contributed by atoms with E-state index in [1.807, 2.05) is 24.3 Å². The molecular weight excluding hydrogens is 238 g/mol. The number of carbonyl (C=O) groups is 1. The van der Waals surface area contributed by atoms with Crippen LogP contribution in [0.15, 0.2) is 49.6 Å². The van der Waals surface area contributed by atoms with Gasteiger partial charge in [-0.15, -0.1) is 13.2 Å². The van der Waals surface area contributed by atoms with Crippen LogP contribution in [0.1, 0.15) is 17.5 Å². The highest BCUT2D eigenvalue weighted by molar-refractivity contribution is 5.67. The Balaban J connectivity index is 2.56. The second-order valence-electron chi connectivity index (χ2n) is 4.48. The molecule has 3 nitrogen and oxygen atoms in total. The summed E-state index contributed by atoms with van der Waals surface area (Å²) in [5.74, 6) is -0.757. The van der Waals surface area contributed by atoms with Gasteiger partial charge in [-0.05, 0) is 17.5 Å². The maximum Gasteiger partial charge on any atom is 0.303 e. The van der Waals surface area contributed by atoms with Crippen molar-refractivity contribution in [3.05, 3.63) is 60.7 Å². The Labute approximate surface area is 114 Å². The van der Waals surface area contributed by atoms with E-state index in [2.05, 4.69) is 30.2 Å². The third-order valence-corrected chi connectivity index (χ3v) is 2.83. The molecule has 1 N–H and O–H groups in total. The Kier molecular flexibility index (Phi) is 6.61. The summed E-state index contributed by atoms with van der Waals surface area (Å²) in [4.78, 5) is 12.7. The van der Waals surface area contributed by atoms with Gasteiger partial charge in [-0.1, -0.05) is 36.4 Å².